The van der Waals surface area contributed by atoms with Crippen LogP contribution in [0.25, 0.3) is 0 Å². The summed E-state index contributed by atoms with van der Waals surface area (Å²) in [7, 11) is 1.51. The van der Waals surface area contributed by atoms with E-state index in [-0.39, 0.29) is 5.78 Å². The molecule has 1 aromatic heterocycles. The first kappa shape index (κ1) is 13.0. The number of nitrogens with zero attached hydrogens (tertiary/aromatic N) is 2. The summed E-state index contributed by atoms with van der Waals surface area (Å²) in [4.78, 5) is 20.9. The highest BCUT2D eigenvalue weighted by atomic mass is 16.5. The summed E-state index contributed by atoms with van der Waals surface area (Å²) in [5.74, 6) is 0.318. The van der Waals surface area contributed by atoms with Crippen LogP contribution in [-0.4, -0.2) is 34.9 Å². The van der Waals surface area contributed by atoms with E-state index in [0.717, 1.165) is 32.2 Å². The number of carbonyl (C=O) groups excluding carboxylic acids is 1. The first-order valence-electron chi connectivity index (χ1n) is 6.38. The van der Waals surface area contributed by atoms with Crippen molar-refractivity contribution in [3.63, 3.8) is 0 Å². The number of carbonyl (C=O) groups is 1. The molecule has 2 heterocycles. The summed E-state index contributed by atoms with van der Waals surface area (Å²) in [6.45, 7) is 2.97. The summed E-state index contributed by atoms with van der Waals surface area (Å²) in [6, 6.07) is 0. The van der Waals surface area contributed by atoms with E-state index in [0.29, 0.717) is 11.6 Å². The summed E-state index contributed by atoms with van der Waals surface area (Å²) in [6.07, 6.45) is 6.73. The van der Waals surface area contributed by atoms with Crippen LogP contribution < -0.4 is 10.1 Å². The molecule has 0 bridgehead atoms. The van der Waals surface area contributed by atoms with Crippen molar-refractivity contribution in [2.75, 3.05) is 13.7 Å². The van der Waals surface area contributed by atoms with Gasteiger partial charge in [-0.1, -0.05) is 13.3 Å². The molecule has 0 aromatic carbocycles. The quantitative estimate of drug-likeness (QED) is 0.803. The normalized spacial score (nSPS) is 23.0. The molecule has 5 nitrogen and oxygen atoms in total. The average molecular weight is 249 g/mol. The highest BCUT2D eigenvalue weighted by Gasteiger charge is 2.42. The summed E-state index contributed by atoms with van der Waals surface area (Å²) < 4.78 is 5.13. The topological polar surface area (TPSA) is 64.1 Å². The van der Waals surface area contributed by atoms with Crippen molar-refractivity contribution < 1.29 is 9.53 Å². The van der Waals surface area contributed by atoms with Crippen LogP contribution in [0.15, 0.2) is 12.4 Å². The second kappa shape index (κ2) is 5.44. The van der Waals surface area contributed by atoms with Crippen molar-refractivity contribution in [3.05, 3.63) is 18.1 Å². The molecule has 1 aliphatic rings. The molecule has 1 saturated heterocycles. The number of rotatable bonds is 5. The van der Waals surface area contributed by atoms with Crippen molar-refractivity contribution in [3.8, 4) is 5.88 Å². The predicted octanol–water partition coefficient (Wildman–Crippen LogP) is 1.59. The maximum absolute atomic E-state index is 12.7. The third-order valence-corrected chi connectivity index (χ3v) is 3.43. The molecule has 0 aliphatic carbocycles. The van der Waals surface area contributed by atoms with E-state index in [4.69, 9.17) is 4.74 Å². The number of Topliss-reactive ketones (excluding diaryl/α,β-unsaturated/α-hetero) is 1. The number of ketones is 1. The molecule has 1 unspecified atom stereocenters. The number of nitrogens with one attached hydrogen (secondary N) is 1. The van der Waals surface area contributed by atoms with Gasteiger partial charge in [0, 0.05) is 12.4 Å². The summed E-state index contributed by atoms with van der Waals surface area (Å²) >= 11 is 0. The van der Waals surface area contributed by atoms with Crippen LogP contribution in [-0.2, 0) is 0 Å². The van der Waals surface area contributed by atoms with Crippen molar-refractivity contribution in [2.45, 2.75) is 38.1 Å². The molecule has 98 valence electrons. The molecular weight excluding hydrogens is 230 g/mol. The van der Waals surface area contributed by atoms with Crippen LogP contribution in [0.5, 0.6) is 5.88 Å². The maximum Gasteiger partial charge on any atom is 0.243 e. The molecule has 0 amide bonds. The zero-order chi connectivity index (χ0) is 13.0. The van der Waals surface area contributed by atoms with Crippen LogP contribution in [0, 0.1) is 0 Å². The Morgan fingerprint density at radius 2 is 2.28 bits per heavy atom. The highest BCUT2D eigenvalue weighted by Crippen LogP contribution is 2.30. The van der Waals surface area contributed by atoms with Gasteiger partial charge in [-0.15, -0.1) is 0 Å². The molecule has 0 radical (unpaired) electrons. The van der Waals surface area contributed by atoms with Crippen LogP contribution in [0.4, 0.5) is 0 Å². The molecule has 2 rings (SSSR count). The van der Waals surface area contributed by atoms with Gasteiger partial charge in [0.2, 0.25) is 11.7 Å². The molecule has 1 aromatic rings. The Kier molecular flexibility index (Phi) is 3.91. The van der Waals surface area contributed by atoms with E-state index < -0.39 is 5.54 Å². The smallest absolute Gasteiger partial charge is 0.243 e. The van der Waals surface area contributed by atoms with E-state index in [9.17, 15) is 4.79 Å². The Labute approximate surface area is 107 Å². The molecule has 18 heavy (non-hydrogen) atoms. The zero-order valence-electron chi connectivity index (χ0n) is 10.9. The van der Waals surface area contributed by atoms with Crippen molar-refractivity contribution >= 4 is 5.78 Å². The highest BCUT2D eigenvalue weighted by molar-refractivity contribution is 6.03. The van der Waals surface area contributed by atoms with Crippen LogP contribution in [0.2, 0.25) is 0 Å². The molecule has 1 atom stereocenters. The largest absolute Gasteiger partial charge is 0.479 e. The van der Waals surface area contributed by atoms with Gasteiger partial charge < -0.3 is 10.1 Å². The maximum atomic E-state index is 12.7. The fourth-order valence-corrected chi connectivity index (χ4v) is 2.61. The Bertz CT molecular complexity index is 428. The van der Waals surface area contributed by atoms with Gasteiger partial charge in [0.15, 0.2) is 5.69 Å². The fourth-order valence-electron chi connectivity index (χ4n) is 2.61. The van der Waals surface area contributed by atoms with Gasteiger partial charge in [-0.2, -0.15) is 0 Å². The van der Waals surface area contributed by atoms with Gasteiger partial charge in [-0.05, 0) is 25.8 Å². The monoisotopic (exact) mass is 249 g/mol. The molecule has 1 fully saturated rings. The first-order valence-corrected chi connectivity index (χ1v) is 6.38. The molecule has 0 spiro atoms. The molecule has 1 N–H and O–H groups in total. The molecule has 0 saturated carbocycles. The standard InChI is InChI=1S/C13H19N3O2/c1-3-5-13(6-4-7-16-13)11(17)10-12(18-2)15-9-8-14-10/h8-9,16H,3-7H2,1-2H3. The lowest BCUT2D eigenvalue weighted by Crippen LogP contribution is -2.47. The van der Waals surface area contributed by atoms with Gasteiger partial charge in [-0.25, -0.2) is 9.97 Å². The van der Waals surface area contributed by atoms with Crippen LogP contribution in [0.3, 0.4) is 0 Å². The molecular formula is C13H19N3O2. The molecule has 5 heteroatoms. The lowest BCUT2D eigenvalue weighted by atomic mass is 9.85. The SMILES string of the molecule is CCCC1(C(=O)c2nccnc2OC)CCCN1. The minimum atomic E-state index is -0.474. The van der Waals surface area contributed by atoms with Gasteiger partial charge in [0.05, 0.1) is 12.6 Å². The average Bonchev–Trinajstić information content (AvgIpc) is 2.88. The van der Waals surface area contributed by atoms with Crippen LogP contribution in [0.1, 0.15) is 43.1 Å². The third kappa shape index (κ3) is 2.22. The number of hydrogen-bond acceptors (Lipinski definition) is 5. The second-order valence-corrected chi connectivity index (χ2v) is 4.61. The predicted molar refractivity (Wildman–Crippen MR) is 67.8 cm³/mol. The number of methoxy groups -OCH3 is 1. The Hall–Kier alpha value is -1.49. The lowest BCUT2D eigenvalue weighted by Gasteiger charge is -2.27. The summed E-state index contributed by atoms with van der Waals surface area (Å²) in [5.41, 5.74) is -0.138. The van der Waals surface area contributed by atoms with Crippen LogP contribution >= 0.6 is 0 Å². The zero-order valence-corrected chi connectivity index (χ0v) is 10.9. The minimum Gasteiger partial charge on any atom is -0.479 e. The molecule has 1 aliphatic heterocycles. The fraction of sp³-hybridized carbons (Fsp3) is 0.615. The van der Waals surface area contributed by atoms with E-state index in [2.05, 4.69) is 22.2 Å². The number of ether oxygens (including phenoxy) is 1. The lowest BCUT2D eigenvalue weighted by molar-refractivity contribution is 0.0848. The van der Waals surface area contributed by atoms with Gasteiger partial charge in [-0.3, -0.25) is 4.79 Å². The van der Waals surface area contributed by atoms with Crippen molar-refractivity contribution in [1.82, 2.24) is 15.3 Å². The Morgan fingerprint density at radius 1 is 1.50 bits per heavy atom. The number of hydrogen-bond donors (Lipinski definition) is 1. The van der Waals surface area contributed by atoms with E-state index >= 15 is 0 Å². The summed E-state index contributed by atoms with van der Waals surface area (Å²) in [5, 5.41) is 3.35. The van der Waals surface area contributed by atoms with Gasteiger partial charge in [0.1, 0.15) is 0 Å². The Morgan fingerprint density at radius 3 is 2.89 bits per heavy atom. The Balaban J connectivity index is 2.33. The van der Waals surface area contributed by atoms with E-state index in [1.165, 1.54) is 19.5 Å². The van der Waals surface area contributed by atoms with Crippen molar-refractivity contribution in [1.29, 1.82) is 0 Å². The number of aromatic nitrogens is 2. The third-order valence-electron chi connectivity index (χ3n) is 3.43. The van der Waals surface area contributed by atoms with Crippen molar-refractivity contribution in [2.24, 2.45) is 0 Å². The van der Waals surface area contributed by atoms with E-state index in [1.54, 1.807) is 0 Å². The van der Waals surface area contributed by atoms with Gasteiger partial charge >= 0.3 is 0 Å². The van der Waals surface area contributed by atoms with Gasteiger partial charge in [0.25, 0.3) is 0 Å². The van der Waals surface area contributed by atoms with E-state index in [1.807, 2.05) is 0 Å². The first-order chi connectivity index (χ1) is 8.73. The minimum absolute atomic E-state index is 0.00630. The second-order valence-electron chi connectivity index (χ2n) is 4.61.